The van der Waals surface area contributed by atoms with Crippen molar-refractivity contribution in [3.8, 4) is 16.9 Å². The number of carbonyl (C=O) groups excluding carboxylic acids is 2. The number of para-hydroxylation sites is 2. The van der Waals surface area contributed by atoms with Gasteiger partial charge >= 0.3 is 0 Å². The lowest BCUT2D eigenvalue weighted by molar-refractivity contribution is -0.123. The van der Waals surface area contributed by atoms with E-state index >= 15 is 0 Å². The number of benzene rings is 3. The van der Waals surface area contributed by atoms with Crippen molar-refractivity contribution >= 4 is 17.5 Å². The van der Waals surface area contributed by atoms with Crippen LogP contribution in [0.2, 0.25) is 0 Å². The second-order valence-corrected chi connectivity index (χ2v) is 6.74. The Morgan fingerprint density at radius 2 is 1.48 bits per heavy atom. The number of nitrogens with one attached hydrogen (secondary N) is 2. The third kappa shape index (κ3) is 5.69. The summed E-state index contributed by atoms with van der Waals surface area (Å²) in [5, 5.41) is 5.62. The average molecular weight is 388 g/mol. The van der Waals surface area contributed by atoms with Gasteiger partial charge in [-0.2, -0.15) is 0 Å². The second-order valence-electron chi connectivity index (χ2n) is 6.74. The summed E-state index contributed by atoms with van der Waals surface area (Å²) in [5.74, 6) is 0.0260. The van der Waals surface area contributed by atoms with Crippen LogP contribution < -0.4 is 15.4 Å². The van der Waals surface area contributed by atoms with Crippen molar-refractivity contribution in [3.05, 3.63) is 84.4 Å². The lowest BCUT2D eigenvalue weighted by Crippen LogP contribution is -2.31. The van der Waals surface area contributed by atoms with Gasteiger partial charge in [-0.05, 0) is 35.7 Å². The van der Waals surface area contributed by atoms with Crippen molar-refractivity contribution in [1.82, 2.24) is 5.32 Å². The Labute approximate surface area is 170 Å². The van der Waals surface area contributed by atoms with Gasteiger partial charge in [-0.1, -0.05) is 66.7 Å². The van der Waals surface area contributed by atoms with E-state index in [1.54, 1.807) is 24.3 Å². The van der Waals surface area contributed by atoms with Gasteiger partial charge in [-0.25, -0.2) is 0 Å². The highest BCUT2D eigenvalue weighted by Crippen LogP contribution is 2.24. The first-order valence-corrected chi connectivity index (χ1v) is 9.47. The number of hydrogen-bond acceptors (Lipinski definition) is 3. The van der Waals surface area contributed by atoms with Gasteiger partial charge in [-0.15, -0.1) is 0 Å². The lowest BCUT2D eigenvalue weighted by Gasteiger charge is -2.16. The maximum Gasteiger partial charge on any atom is 0.258 e. The predicted molar refractivity (Wildman–Crippen MR) is 115 cm³/mol. The fraction of sp³-hybridized carbons (Fsp3) is 0.167. The van der Waals surface area contributed by atoms with Gasteiger partial charge in [0.15, 0.2) is 6.61 Å². The Bertz CT molecular complexity index is 969. The standard InChI is InChI=1S/C24H24N2O3/c1-17(19-12-14-21(15-13-19)20-8-4-3-5-9-20)25-24(28)16-29-23-11-7-6-10-22(23)26-18(2)27/h3-15,17H,16H2,1-2H3,(H,25,28)(H,26,27)/t17-/m0/s1. The molecule has 29 heavy (non-hydrogen) atoms. The molecule has 0 aliphatic carbocycles. The van der Waals surface area contributed by atoms with Crippen molar-refractivity contribution in [2.75, 3.05) is 11.9 Å². The molecular weight excluding hydrogens is 364 g/mol. The van der Waals surface area contributed by atoms with E-state index in [0.29, 0.717) is 11.4 Å². The molecule has 5 heteroatoms. The van der Waals surface area contributed by atoms with Crippen molar-refractivity contribution in [2.24, 2.45) is 0 Å². The van der Waals surface area contributed by atoms with Crippen molar-refractivity contribution < 1.29 is 14.3 Å². The molecule has 1 atom stereocenters. The number of anilines is 1. The quantitative estimate of drug-likeness (QED) is 0.623. The molecule has 0 saturated carbocycles. The first-order valence-electron chi connectivity index (χ1n) is 9.47. The molecule has 0 saturated heterocycles. The van der Waals surface area contributed by atoms with E-state index in [2.05, 4.69) is 22.8 Å². The van der Waals surface area contributed by atoms with Gasteiger partial charge < -0.3 is 15.4 Å². The van der Waals surface area contributed by atoms with Gasteiger partial charge in [0.05, 0.1) is 11.7 Å². The monoisotopic (exact) mass is 388 g/mol. The highest BCUT2D eigenvalue weighted by Gasteiger charge is 2.12. The highest BCUT2D eigenvalue weighted by atomic mass is 16.5. The van der Waals surface area contributed by atoms with E-state index in [1.807, 2.05) is 49.4 Å². The molecule has 3 aromatic rings. The zero-order valence-corrected chi connectivity index (χ0v) is 16.5. The van der Waals surface area contributed by atoms with E-state index in [4.69, 9.17) is 4.74 Å². The van der Waals surface area contributed by atoms with Crippen LogP contribution in [0.25, 0.3) is 11.1 Å². The Morgan fingerprint density at radius 1 is 0.862 bits per heavy atom. The van der Waals surface area contributed by atoms with Crippen molar-refractivity contribution in [3.63, 3.8) is 0 Å². The highest BCUT2D eigenvalue weighted by molar-refractivity contribution is 5.90. The summed E-state index contributed by atoms with van der Waals surface area (Å²) in [5.41, 5.74) is 3.83. The minimum absolute atomic E-state index is 0.136. The normalized spacial score (nSPS) is 11.4. The van der Waals surface area contributed by atoms with Crippen LogP contribution in [-0.2, 0) is 9.59 Å². The first-order chi connectivity index (χ1) is 14.0. The Balaban J connectivity index is 1.56. The van der Waals surface area contributed by atoms with Gasteiger partial charge in [0.25, 0.3) is 5.91 Å². The molecule has 2 N–H and O–H groups in total. The van der Waals surface area contributed by atoms with E-state index in [-0.39, 0.29) is 24.5 Å². The minimum atomic E-state index is -0.234. The summed E-state index contributed by atoms with van der Waals surface area (Å²) in [6, 6.07) is 25.1. The van der Waals surface area contributed by atoms with Crippen molar-refractivity contribution in [1.29, 1.82) is 0 Å². The molecular formula is C24H24N2O3. The molecule has 148 valence electrons. The number of carbonyl (C=O) groups is 2. The number of hydrogen-bond donors (Lipinski definition) is 2. The SMILES string of the molecule is CC(=O)Nc1ccccc1OCC(=O)N[C@@H](C)c1ccc(-c2ccccc2)cc1. The summed E-state index contributed by atoms with van der Waals surface area (Å²) in [7, 11) is 0. The Morgan fingerprint density at radius 3 is 2.17 bits per heavy atom. The number of rotatable bonds is 7. The molecule has 0 aliphatic rings. The summed E-state index contributed by atoms with van der Waals surface area (Å²) in [4.78, 5) is 23.6. The molecule has 2 amide bonds. The summed E-state index contributed by atoms with van der Waals surface area (Å²) in [6.07, 6.45) is 0. The van der Waals surface area contributed by atoms with Crippen LogP contribution >= 0.6 is 0 Å². The van der Waals surface area contributed by atoms with E-state index in [0.717, 1.165) is 16.7 Å². The molecule has 0 bridgehead atoms. The summed E-state index contributed by atoms with van der Waals surface area (Å²) in [6.45, 7) is 3.22. The topological polar surface area (TPSA) is 67.4 Å². The van der Waals surface area contributed by atoms with Gasteiger partial charge in [0.1, 0.15) is 5.75 Å². The number of amides is 2. The van der Waals surface area contributed by atoms with Crippen LogP contribution in [0.5, 0.6) is 5.75 Å². The van der Waals surface area contributed by atoms with Crippen LogP contribution in [-0.4, -0.2) is 18.4 Å². The Kier molecular flexibility index (Phi) is 6.63. The smallest absolute Gasteiger partial charge is 0.258 e. The fourth-order valence-corrected chi connectivity index (χ4v) is 2.99. The van der Waals surface area contributed by atoms with Gasteiger partial charge in [-0.3, -0.25) is 9.59 Å². The maximum atomic E-state index is 12.3. The summed E-state index contributed by atoms with van der Waals surface area (Å²) < 4.78 is 5.59. The molecule has 5 nitrogen and oxygen atoms in total. The largest absolute Gasteiger partial charge is 0.482 e. The lowest BCUT2D eigenvalue weighted by atomic mass is 10.0. The van der Waals surface area contributed by atoms with Gasteiger partial charge in [0, 0.05) is 6.92 Å². The molecule has 0 spiro atoms. The molecule has 0 unspecified atom stereocenters. The third-order valence-electron chi connectivity index (χ3n) is 4.45. The van der Waals surface area contributed by atoms with E-state index < -0.39 is 0 Å². The first kappa shape index (κ1) is 20.1. The zero-order valence-electron chi connectivity index (χ0n) is 16.5. The maximum absolute atomic E-state index is 12.3. The molecule has 0 aromatic heterocycles. The van der Waals surface area contributed by atoms with E-state index in [1.165, 1.54) is 6.92 Å². The molecule has 3 rings (SSSR count). The molecule has 3 aromatic carbocycles. The van der Waals surface area contributed by atoms with Crippen LogP contribution in [0.1, 0.15) is 25.5 Å². The Hall–Kier alpha value is -3.60. The van der Waals surface area contributed by atoms with Crippen LogP contribution in [0.15, 0.2) is 78.9 Å². The average Bonchev–Trinajstić information content (AvgIpc) is 2.73. The summed E-state index contributed by atoms with van der Waals surface area (Å²) >= 11 is 0. The molecule has 0 aliphatic heterocycles. The van der Waals surface area contributed by atoms with Crippen LogP contribution in [0, 0.1) is 0 Å². The number of ether oxygens (including phenoxy) is 1. The fourth-order valence-electron chi connectivity index (χ4n) is 2.99. The van der Waals surface area contributed by atoms with E-state index in [9.17, 15) is 9.59 Å². The third-order valence-corrected chi connectivity index (χ3v) is 4.45. The molecule has 0 heterocycles. The van der Waals surface area contributed by atoms with Crippen LogP contribution in [0.3, 0.4) is 0 Å². The minimum Gasteiger partial charge on any atom is -0.482 e. The predicted octanol–water partition coefficient (Wildman–Crippen LogP) is 4.57. The molecule has 0 fully saturated rings. The zero-order chi connectivity index (χ0) is 20.6. The van der Waals surface area contributed by atoms with Gasteiger partial charge in [0.2, 0.25) is 5.91 Å². The second kappa shape index (κ2) is 9.55. The van der Waals surface area contributed by atoms with Crippen LogP contribution in [0.4, 0.5) is 5.69 Å². The van der Waals surface area contributed by atoms with Crippen molar-refractivity contribution in [2.45, 2.75) is 19.9 Å². The molecule has 0 radical (unpaired) electrons.